The third-order valence-corrected chi connectivity index (χ3v) is 1.44. The summed E-state index contributed by atoms with van der Waals surface area (Å²) in [6, 6.07) is 0. The van der Waals surface area contributed by atoms with E-state index in [0.29, 0.717) is 0 Å². The summed E-state index contributed by atoms with van der Waals surface area (Å²) in [6.45, 7) is 1.41. The number of carboxylic acid groups (broad SMARTS) is 1. The van der Waals surface area contributed by atoms with Gasteiger partial charge in [-0.25, -0.2) is 0 Å². The number of aliphatic hydroxyl groups is 1. The molecule has 0 bridgehead atoms. The van der Waals surface area contributed by atoms with Crippen LogP contribution in [0.15, 0.2) is 0 Å². The lowest BCUT2D eigenvalue weighted by Gasteiger charge is -2.09. The van der Waals surface area contributed by atoms with Crippen molar-refractivity contribution in [3.8, 4) is 0 Å². The molecule has 0 fully saturated rings. The summed E-state index contributed by atoms with van der Waals surface area (Å²) in [5.41, 5.74) is 0. The van der Waals surface area contributed by atoms with Crippen LogP contribution in [0.25, 0.3) is 0 Å². The molecule has 0 aromatic rings. The number of aliphatic hydroxyl groups excluding tert-OH is 1. The molecule has 4 heteroatoms. The second-order valence-electron chi connectivity index (χ2n) is 1.85. The summed E-state index contributed by atoms with van der Waals surface area (Å²) in [4.78, 5) is 10.1. The van der Waals surface area contributed by atoms with Gasteiger partial charge in [0.25, 0.3) is 0 Å². The molecule has 54 valence electrons. The molecule has 0 aromatic carbocycles. The lowest BCUT2D eigenvalue weighted by atomic mass is 10.1. The highest BCUT2D eigenvalue weighted by Gasteiger charge is 2.19. The van der Waals surface area contributed by atoms with Gasteiger partial charge in [-0.3, -0.25) is 4.79 Å². The van der Waals surface area contributed by atoms with Crippen LogP contribution < -0.4 is 0 Å². The Hall–Kier alpha value is -0.280. The number of hydrogen-bond donors (Lipinski definition) is 2. The third kappa shape index (κ3) is 2.67. The normalized spacial score (nSPS) is 16.8. The van der Waals surface area contributed by atoms with Crippen LogP contribution in [0.2, 0.25) is 0 Å². The first kappa shape index (κ1) is 8.72. The highest BCUT2D eigenvalue weighted by atomic mass is 35.5. The quantitative estimate of drug-likeness (QED) is 0.573. The van der Waals surface area contributed by atoms with Gasteiger partial charge in [0.15, 0.2) is 0 Å². The van der Waals surface area contributed by atoms with Gasteiger partial charge >= 0.3 is 5.97 Å². The van der Waals surface area contributed by atoms with Gasteiger partial charge in [-0.2, -0.15) is 0 Å². The van der Waals surface area contributed by atoms with Crippen LogP contribution in [0.5, 0.6) is 0 Å². The van der Waals surface area contributed by atoms with Crippen LogP contribution >= 0.6 is 11.6 Å². The fourth-order valence-corrected chi connectivity index (χ4v) is 0.565. The number of carbonyl (C=O) groups is 1. The molecule has 0 spiro atoms. The van der Waals surface area contributed by atoms with Crippen molar-refractivity contribution >= 4 is 17.6 Å². The molecule has 0 rings (SSSR count). The van der Waals surface area contributed by atoms with Gasteiger partial charge in [0.2, 0.25) is 0 Å². The summed E-state index contributed by atoms with van der Waals surface area (Å²) in [5, 5.41) is 17.0. The van der Waals surface area contributed by atoms with E-state index in [0.717, 1.165) is 0 Å². The van der Waals surface area contributed by atoms with Gasteiger partial charge in [-0.05, 0) is 6.92 Å². The van der Waals surface area contributed by atoms with Gasteiger partial charge in [-0.15, -0.1) is 11.6 Å². The molecule has 2 atom stereocenters. The molecule has 0 heterocycles. The SMILES string of the molecule is CC(C(=O)O)[C@@H](O)CCl. The van der Waals surface area contributed by atoms with E-state index in [2.05, 4.69) is 0 Å². The number of hydrogen-bond acceptors (Lipinski definition) is 2. The van der Waals surface area contributed by atoms with E-state index in [1.54, 1.807) is 0 Å². The van der Waals surface area contributed by atoms with Crippen molar-refractivity contribution < 1.29 is 15.0 Å². The first-order chi connectivity index (χ1) is 4.09. The lowest BCUT2D eigenvalue weighted by molar-refractivity contribution is -0.144. The number of aliphatic carboxylic acids is 1. The van der Waals surface area contributed by atoms with Gasteiger partial charge in [-0.1, -0.05) is 0 Å². The van der Waals surface area contributed by atoms with E-state index in [-0.39, 0.29) is 5.88 Å². The van der Waals surface area contributed by atoms with Crippen LogP contribution in [0, 0.1) is 5.92 Å². The molecule has 2 N–H and O–H groups in total. The topological polar surface area (TPSA) is 57.5 Å². The Morgan fingerprint density at radius 1 is 1.78 bits per heavy atom. The Morgan fingerprint density at radius 3 is 2.33 bits per heavy atom. The molecule has 1 unspecified atom stereocenters. The van der Waals surface area contributed by atoms with Crippen LogP contribution in [-0.2, 0) is 4.79 Å². The first-order valence-corrected chi connectivity index (χ1v) is 3.10. The summed E-state index contributed by atoms with van der Waals surface area (Å²) >= 11 is 5.18. The number of rotatable bonds is 3. The monoisotopic (exact) mass is 152 g/mol. The summed E-state index contributed by atoms with van der Waals surface area (Å²) in [6.07, 6.45) is -0.941. The lowest BCUT2D eigenvalue weighted by Crippen LogP contribution is -2.26. The third-order valence-electron chi connectivity index (χ3n) is 1.12. The molecule has 9 heavy (non-hydrogen) atoms. The Labute approximate surface area is 58.3 Å². The molecular weight excluding hydrogens is 144 g/mol. The number of carboxylic acids is 1. The van der Waals surface area contributed by atoms with E-state index in [1.165, 1.54) is 6.92 Å². The molecule has 0 aromatic heterocycles. The molecule has 0 aliphatic heterocycles. The van der Waals surface area contributed by atoms with E-state index < -0.39 is 18.0 Å². The molecule has 0 saturated carbocycles. The smallest absolute Gasteiger partial charge is 0.308 e. The Morgan fingerprint density at radius 2 is 2.22 bits per heavy atom. The van der Waals surface area contributed by atoms with Crippen molar-refractivity contribution in [2.45, 2.75) is 13.0 Å². The Balaban J connectivity index is 3.72. The van der Waals surface area contributed by atoms with Crippen molar-refractivity contribution in [3.05, 3.63) is 0 Å². The fraction of sp³-hybridized carbons (Fsp3) is 0.800. The summed E-state index contributed by atoms with van der Waals surface area (Å²) in [7, 11) is 0. The maximum Gasteiger partial charge on any atom is 0.308 e. The van der Waals surface area contributed by atoms with Crippen molar-refractivity contribution in [3.63, 3.8) is 0 Å². The van der Waals surface area contributed by atoms with Gasteiger partial charge < -0.3 is 10.2 Å². The molecule has 0 radical (unpaired) electrons. The zero-order valence-electron chi connectivity index (χ0n) is 5.04. The standard InChI is InChI=1S/C5H9ClO3/c1-3(5(8)9)4(7)2-6/h3-4,7H,2H2,1H3,(H,8,9)/t3?,4-/m0/s1. The predicted molar refractivity (Wildman–Crippen MR) is 33.5 cm³/mol. The molecule has 0 saturated heterocycles. The average Bonchev–Trinajstić information content (AvgIpc) is 1.84. The largest absolute Gasteiger partial charge is 0.481 e. The second kappa shape index (κ2) is 3.69. The minimum atomic E-state index is -1.02. The van der Waals surface area contributed by atoms with Crippen molar-refractivity contribution in [1.82, 2.24) is 0 Å². The van der Waals surface area contributed by atoms with Crippen molar-refractivity contribution in [2.75, 3.05) is 5.88 Å². The maximum absolute atomic E-state index is 10.1. The second-order valence-corrected chi connectivity index (χ2v) is 2.16. The minimum Gasteiger partial charge on any atom is -0.481 e. The maximum atomic E-state index is 10.1. The van der Waals surface area contributed by atoms with Gasteiger partial charge in [0.1, 0.15) is 0 Å². The van der Waals surface area contributed by atoms with E-state index >= 15 is 0 Å². The van der Waals surface area contributed by atoms with Gasteiger partial charge in [0.05, 0.1) is 12.0 Å². The first-order valence-electron chi connectivity index (χ1n) is 2.56. The van der Waals surface area contributed by atoms with Crippen LogP contribution in [0.3, 0.4) is 0 Å². The van der Waals surface area contributed by atoms with Crippen molar-refractivity contribution in [1.29, 1.82) is 0 Å². The average molecular weight is 153 g/mol. The summed E-state index contributed by atoms with van der Waals surface area (Å²) < 4.78 is 0. The molecule has 0 amide bonds. The molecular formula is C5H9ClO3. The van der Waals surface area contributed by atoms with Gasteiger partial charge in [0, 0.05) is 5.88 Å². The van der Waals surface area contributed by atoms with Crippen molar-refractivity contribution in [2.24, 2.45) is 5.92 Å². The molecule has 0 aliphatic carbocycles. The zero-order chi connectivity index (χ0) is 7.44. The highest BCUT2D eigenvalue weighted by Crippen LogP contribution is 2.03. The van der Waals surface area contributed by atoms with Crippen LogP contribution in [0.1, 0.15) is 6.92 Å². The minimum absolute atomic E-state index is 0.0343. The molecule has 0 aliphatic rings. The Bertz CT molecular complexity index is 104. The van der Waals surface area contributed by atoms with Crippen LogP contribution in [-0.4, -0.2) is 28.2 Å². The fourth-order valence-electron chi connectivity index (χ4n) is 0.298. The number of alkyl halides is 1. The van der Waals surface area contributed by atoms with E-state index in [4.69, 9.17) is 21.8 Å². The molecule has 3 nitrogen and oxygen atoms in total. The number of halogens is 1. The van der Waals surface area contributed by atoms with E-state index in [9.17, 15) is 4.79 Å². The van der Waals surface area contributed by atoms with E-state index in [1.807, 2.05) is 0 Å². The highest BCUT2D eigenvalue weighted by molar-refractivity contribution is 6.18. The zero-order valence-corrected chi connectivity index (χ0v) is 5.80. The van der Waals surface area contributed by atoms with Crippen LogP contribution in [0.4, 0.5) is 0 Å². The Kier molecular flexibility index (Phi) is 3.58. The predicted octanol–water partition coefficient (Wildman–Crippen LogP) is 0.307. The summed E-state index contributed by atoms with van der Waals surface area (Å²) in [5.74, 6) is -1.83.